The number of rotatable bonds is 4. The van der Waals surface area contributed by atoms with Crippen molar-refractivity contribution in [3.05, 3.63) is 107 Å². The molecule has 0 atom stereocenters. The van der Waals surface area contributed by atoms with Gasteiger partial charge in [-0.15, -0.1) is 0 Å². The van der Waals surface area contributed by atoms with Gasteiger partial charge in [0.1, 0.15) is 17.0 Å². The highest BCUT2D eigenvalue weighted by molar-refractivity contribution is 14.1. The summed E-state index contributed by atoms with van der Waals surface area (Å²) in [5.74, 6) is -0.749. The lowest BCUT2D eigenvalue weighted by Gasteiger charge is -2.32. The molecular formula is C20H13F2IO. The first-order chi connectivity index (χ1) is 11.5. The molecule has 4 heteroatoms. The summed E-state index contributed by atoms with van der Waals surface area (Å²) < 4.78 is 26.6. The fourth-order valence-corrected chi connectivity index (χ4v) is 3.86. The smallest absolute Gasteiger partial charge is 0.211 e. The number of hydrogen-bond acceptors (Lipinski definition) is 1. The molecular weight excluding hydrogens is 421 g/mol. The molecule has 0 unspecified atom stereocenters. The Kier molecular flexibility index (Phi) is 4.76. The molecule has 0 fully saturated rings. The summed E-state index contributed by atoms with van der Waals surface area (Å²) in [6.07, 6.45) is 0. The van der Waals surface area contributed by atoms with Gasteiger partial charge in [-0.25, -0.2) is 8.78 Å². The molecule has 120 valence electrons. The van der Waals surface area contributed by atoms with Crippen molar-refractivity contribution in [2.45, 2.75) is 5.41 Å². The van der Waals surface area contributed by atoms with E-state index in [2.05, 4.69) is 0 Å². The Morgan fingerprint density at radius 2 is 1.04 bits per heavy atom. The Labute approximate surface area is 152 Å². The van der Waals surface area contributed by atoms with Crippen molar-refractivity contribution in [3.8, 4) is 0 Å². The summed E-state index contributed by atoms with van der Waals surface area (Å²) in [7, 11) is 0. The third-order valence-electron chi connectivity index (χ3n) is 4.06. The molecule has 1 nitrogen and oxygen atoms in total. The quantitative estimate of drug-likeness (QED) is 0.311. The third-order valence-corrected chi connectivity index (χ3v) is 4.87. The molecule has 3 aromatic carbocycles. The minimum atomic E-state index is -1.12. The zero-order valence-corrected chi connectivity index (χ0v) is 14.7. The van der Waals surface area contributed by atoms with Gasteiger partial charge in [0.05, 0.1) is 0 Å². The molecule has 0 aliphatic rings. The van der Waals surface area contributed by atoms with E-state index in [0.717, 1.165) is 5.56 Å². The number of carbonyl (C=O) groups excluding carboxylic acids is 1. The molecule has 3 aromatic rings. The molecule has 3 rings (SSSR count). The number of hydrogen-bond donors (Lipinski definition) is 0. The van der Waals surface area contributed by atoms with E-state index in [4.69, 9.17) is 0 Å². The van der Waals surface area contributed by atoms with Gasteiger partial charge < -0.3 is 0 Å². The van der Waals surface area contributed by atoms with E-state index >= 15 is 0 Å². The van der Waals surface area contributed by atoms with Crippen LogP contribution >= 0.6 is 22.6 Å². The fourth-order valence-electron chi connectivity index (χ4n) is 2.93. The molecule has 0 amide bonds. The highest BCUT2D eigenvalue weighted by Crippen LogP contribution is 2.42. The van der Waals surface area contributed by atoms with Crippen LogP contribution in [0.5, 0.6) is 0 Å². The molecule has 24 heavy (non-hydrogen) atoms. The van der Waals surface area contributed by atoms with Gasteiger partial charge in [0, 0.05) is 22.6 Å². The zero-order valence-electron chi connectivity index (χ0n) is 12.5. The summed E-state index contributed by atoms with van der Waals surface area (Å²) in [5.41, 5.74) is 0.910. The maximum atomic E-state index is 13.4. The average Bonchev–Trinajstić information content (AvgIpc) is 2.59. The van der Waals surface area contributed by atoms with Crippen LogP contribution in [0.25, 0.3) is 0 Å². The van der Waals surface area contributed by atoms with Crippen molar-refractivity contribution >= 4 is 26.4 Å². The maximum absolute atomic E-state index is 13.4. The predicted octanol–water partition coefficient (Wildman–Crippen LogP) is 5.26. The summed E-state index contributed by atoms with van der Waals surface area (Å²) in [4.78, 5) is 12.8. The van der Waals surface area contributed by atoms with E-state index in [1.165, 1.54) is 24.3 Å². The number of benzene rings is 3. The molecule has 0 saturated heterocycles. The summed E-state index contributed by atoms with van der Waals surface area (Å²) in [5, 5.41) is 0. The van der Waals surface area contributed by atoms with Crippen LogP contribution in [-0.4, -0.2) is 3.79 Å². The Hall–Kier alpha value is -2.08. The van der Waals surface area contributed by atoms with E-state index in [1.807, 2.05) is 30.3 Å². The van der Waals surface area contributed by atoms with Crippen LogP contribution in [0.3, 0.4) is 0 Å². The van der Waals surface area contributed by atoms with Crippen LogP contribution in [0.2, 0.25) is 0 Å². The normalized spacial score (nSPS) is 11.3. The van der Waals surface area contributed by atoms with Crippen molar-refractivity contribution < 1.29 is 13.6 Å². The van der Waals surface area contributed by atoms with E-state index in [9.17, 15) is 13.6 Å². The van der Waals surface area contributed by atoms with Gasteiger partial charge in [0.25, 0.3) is 0 Å². The highest BCUT2D eigenvalue weighted by Gasteiger charge is 2.42. The molecule has 0 N–H and O–H groups in total. The van der Waals surface area contributed by atoms with Gasteiger partial charge in [0.2, 0.25) is 3.79 Å². The monoisotopic (exact) mass is 434 g/mol. The van der Waals surface area contributed by atoms with Crippen molar-refractivity contribution in [2.75, 3.05) is 0 Å². The fraction of sp³-hybridized carbons (Fsp3) is 0.0500. The lowest BCUT2D eigenvalue weighted by atomic mass is 9.70. The van der Waals surface area contributed by atoms with Crippen LogP contribution in [0, 0.1) is 11.6 Å². The van der Waals surface area contributed by atoms with E-state index in [1.54, 1.807) is 46.9 Å². The molecule has 0 saturated carbocycles. The summed E-state index contributed by atoms with van der Waals surface area (Å²) in [6.45, 7) is 0. The van der Waals surface area contributed by atoms with Gasteiger partial charge in [-0.3, -0.25) is 4.79 Å². The van der Waals surface area contributed by atoms with Crippen molar-refractivity contribution in [2.24, 2.45) is 0 Å². The maximum Gasteiger partial charge on any atom is 0.211 e. The summed E-state index contributed by atoms with van der Waals surface area (Å²) in [6, 6.07) is 21.0. The van der Waals surface area contributed by atoms with Crippen molar-refractivity contribution in [3.63, 3.8) is 0 Å². The van der Waals surface area contributed by atoms with Crippen molar-refractivity contribution in [1.82, 2.24) is 0 Å². The molecule has 0 radical (unpaired) electrons. The second-order valence-electron chi connectivity index (χ2n) is 5.40. The van der Waals surface area contributed by atoms with Gasteiger partial charge in [0.15, 0.2) is 0 Å². The Morgan fingerprint density at radius 1 is 0.667 bits per heavy atom. The Balaban J connectivity index is 2.35. The van der Waals surface area contributed by atoms with E-state index in [-0.39, 0.29) is 15.4 Å². The second kappa shape index (κ2) is 6.81. The molecule has 0 heterocycles. The molecule has 0 aliphatic carbocycles. The first-order valence-corrected chi connectivity index (χ1v) is 8.40. The van der Waals surface area contributed by atoms with Gasteiger partial charge >= 0.3 is 0 Å². The van der Waals surface area contributed by atoms with Crippen LogP contribution in [0.4, 0.5) is 8.78 Å². The third kappa shape index (κ3) is 2.86. The Morgan fingerprint density at radius 3 is 1.42 bits per heavy atom. The van der Waals surface area contributed by atoms with Crippen LogP contribution in [0.15, 0.2) is 78.9 Å². The van der Waals surface area contributed by atoms with E-state index in [0.29, 0.717) is 11.1 Å². The highest BCUT2D eigenvalue weighted by atomic mass is 127. The lowest BCUT2D eigenvalue weighted by molar-refractivity contribution is -0.112. The van der Waals surface area contributed by atoms with Crippen LogP contribution in [-0.2, 0) is 10.2 Å². The largest absolute Gasteiger partial charge is 0.286 e. The Bertz CT molecular complexity index is 798. The van der Waals surface area contributed by atoms with Gasteiger partial charge in [-0.2, -0.15) is 0 Å². The SMILES string of the molecule is O=C(I)C(c1ccccc1)(c1ccc(F)cc1)c1ccc(F)cc1. The molecule has 0 bridgehead atoms. The predicted molar refractivity (Wildman–Crippen MR) is 98.2 cm³/mol. The van der Waals surface area contributed by atoms with Crippen molar-refractivity contribution in [1.29, 1.82) is 0 Å². The van der Waals surface area contributed by atoms with Gasteiger partial charge in [-0.1, -0.05) is 54.6 Å². The summed E-state index contributed by atoms with van der Waals surface area (Å²) >= 11 is 1.76. The first-order valence-electron chi connectivity index (χ1n) is 7.32. The average molecular weight is 434 g/mol. The standard InChI is InChI=1S/C20H13F2IO/c21-17-10-6-15(7-11-17)20(19(23)24,14-4-2-1-3-5-14)16-8-12-18(22)13-9-16/h1-13H. The minimum Gasteiger partial charge on any atom is -0.286 e. The first kappa shape index (κ1) is 16.8. The minimum absolute atomic E-state index is 0.149. The van der Waals surface area contributed by atoms with E-state index < -0.39 is 5.41 Å². The molecule has 0 aliphatic heterocycles. The topological polar surface area (TPSA) is 17.1 Å². The molecule has 0 aromatic heterocycles. The van der Waals surface area contributed by atoms with Crippen LogP contribution < -0.4 is 0 Å². The number of halogens is 3. The lowest BCUT2D eigenvalue weighted by Crippen LogP contribution is -2.35. The number of carbonyl (C=O) groups is 1. The van der Waals surface area contributed by atoms with Gasteiger partial charge in [-0.05, 0) is 41.0 Å². The zero-order chi connectivity index (χ0) is 17.2. The molecule has 0 spiro atoms. The van der Waals surface area contributed by atoms with Crippen LogP contribution in [0.1, 0.15) is 16.7 Å². The second-order valence-corrected chi connectivity index (χ2v) is 6.38.